The molecule has 0 aliphatic rings. The third kappa shape index (κ3) is 8.50. The Hall–Kier alpha value is -1.36. The van der Waals surface area contributed by atoms with Crippen molar-refractivity contribution in [2.75, 3.05) is 31.7 Å². The van der Waals surface area contributed by atoms with Crippen molar-refractivity contribution in [2.24, 2.45) is 5.92 Å². The van der Waals surface area contributed by atoms with Gasteiger partial charge in [0, 0.05) is 13.2 Å². The fourth-order valence-electron chi connectivity index (χ4n) is 1.60. The van der Waals surface area contributed by atoms with Crippen molar-refractivity contribution in [3.8, 4) is 5.75 Å². The van der Waals surface area contributed by atoms with Crippen LogP contribution in [0.1, 0.15) is 46.9 Å². The number of hydrogen-bond donors (Lipinski definition) is 1. The third-order valence-corrected chi connectivity index (χ3v) is 2.63. The summed E-state index contributed by atoms with van der Waals surface area (Å²) in [7, 11) is 0. The number of nitrogens with zero attached hydrogens (tertiary/aromatic N) is 2. The SMILES string of the molecule is C.CCCCNc1nc(C)ncc1OCCOCC(C)C. The van der Waals surface area contributed by atoms with E-state index in [0.29, 0.717) is 24.9 Å². The second kappa shape index (κ2) is 11.3. The van der Waals surface area contributed by atoms with Gasteiger partial charge in [-0.2, -0.15) is 0 Å². The number of hydrogen-bond acceptors (Lipinski definition) is 5. The molecule has 0 saturated heterocycles. The number of nitrogens with one attached hydrogen (secondary N) is 1. The molecule has 0 unspecified atom stereocenters. The van der Waals surface area contributed by atoms with Crippen LogP contribution < -0.4 is 10.1 Å². The predicted octanol–water partition coefficient (Wildman–Crippen LogP) is 3.68. The van der Waals surface area contributed by atoms with E-state index in [4.69, 9.17) is 9.47 Å². The van der Waals surface area contributed by atoms with Crippen LogP contribution in [0.4, 0.5) is 5.82 Å². The van der Waals surface area contributed by atoms with Crippen LogP contribution in [0.25, 0.3) is 0 Å². The summed E-state index contributed by atoms with van der Waals surface area (Å²) in [5.41, 5.74) is 0. The van der Waals surface area contributed by atoms with Gasteiger partial charge in [0.25, 0.3) is 0 Å². The van der Waals surface area contributed by atoms with Crippen molar-refractivity contribution in [3.05, 3.63) is 12.0 Å². The van der Waals surface area contributed by atoms with Crippen molar-refractivity contribution in [1.82, 2.24) is 9.97 Å². The Bertz CT molecular complexity index is 384. The molecule has 1 aromatic heterocycles. The van der Waals surface area contributed by atoms with Gasteiger partial charge in [0.15, 0.2) is 11.6 Å². The Kier molecular flexibility index (Phi) is 10.6. The lowest BCUT2D eigenvalue weighted by Crippen LogP contribution is -2.12. The fourth-order valence-corrected chi connectivity index (χ4v) is 1.60. The van der Waals surface area contributed by atoms with E-state index in [2.05, 4.69) is 36.1 Å². The van der Waals surface area contributed by atoms with Crippen LogP contribution in [0.5, 0.6) is 5.75 Å². The van der Waals surface area contributed by atoms with E-state index >= 15 is 0 Å². The highest BCUT2D eigenvalue weighted by Gasteiger charge is 2.06. The van der Waals surface area contributed by atoms with Gasteiger partial charge >= 0.3 is 0 Å². The van der Waals surface area contributed by atoms with Crippen LogP contribution in [0.2, 0.25) is 0 Å². The van der Waals surface area contributed by atoms with Crippen LogP contribution in [-0.2, 0) is 4.74 Å². The van der Waals surface area contributed by atoms with Crippen LogP contribution in [0.15, 0.2) is 6.20 Å². The molecule has 21 heavy (non-hydrogen) atoms. The lowest BCUT2D eigenvalue weighted by Gasteiger charge is -2.13. The van der Waals surface area contributed by atoms with E-state index in [-0.39, 0.29) is 7.43 Å². The first kappa shape index (κ1) is 19.6. The molecule has 122 valence electrons. The Morgan fingerprint density at radius 1 is 1.29 bits per heavy atom. The summed E-state index contributed by atoms with van der Waals surface area (Å²) in [5, 5.41) is 3.30. The van der Waals surface area contributed by atoms with Gasteiger partial charge in [0.1, 0.15) is 12.4 Å². The predicted molar refractivity (Wildman–Crippen MR) is 88.0 cm³/mol. The van der Waals surface area contributed by atoms with E-state index in [0.717, 1.165) is 37.6 Å². The Labute approximate surface area is 129 Å². The second-order valence-corrected chi connectivity index (χ2v) is 5.23. The van der Waals surface area contributed by atoms with Crippen LogP contribution in [-0.4, -0.2) is 36.3 Å². The molecule has 0 saturated carbocycles. The minimum Gasteiger partial charge on any atom is -0.486 e. The molecule has 0 bridgehead atoms. The zero-order valence-electron chi connectivity index (χ0n) is 13.1. The monoisotopic (exact) mass is 297 g/mol. The molecule has 1 rings (SSSR count). The van der Waals surface area contributed by atoms with Crippen molar-refractivity contribution in [1.29, 1.82) is 0 Å². The molecule has 1 N–H and O–H groups in total. The molecule has 0 spiro atoms. The standard InChI is InChI=1S/C15H27N3O2.CH4/c1-5-6-7-16-15-14(10-17-13(4)18-15)20-9-8-19-11-12(2)3;/h10,12H,5-9,11H2,1-4H3,(H,16,17,18);1H4. The summed E-state index contributed by atoms with van der Waals surface area (Å²) in [5.74, 6) is 2.76. The van der Waals surface area contributed by atoms with Gasteiger partial charge in [-0.1, -0.05) is 34.6 Å². The first-order valence-electron chi connectivity index (χ1n) is 7.41. The van der Waals surface area contributed by atoms with Gasteiger partial charge in [-0.05, 0) is 19.3 Å². The maximum absolute atomic E-state index is 5.69. The average molecular weight is 297 g/mol. The second-order valence-electron chi connectivity index (χ2n) is 5.23. The quantitative estimate of drug-likeness (QED) is 0.668. The zero-order valence-corrected chi connectivity index (χ0v) is 13.1. The summed E-state index contributed by atoms with van der Waals surface area (Å²) in [4.78, 5) is 8.56. The normalized spacial score (nSPS) is 10.3. The Morgan fingerprint density at radius 3 is 2.71 bits per heavy atom. The third-order valence-electron chi connectivity index (χ3n) is 2.63. The molecule has 0 aliphatic carbocycles. The number of rotatable bonds is 10. The summed E-state index contributed by atoms with van der Waals surface area (Å²) >= 11 is 0. The number of aromatic nitrogens is 2. The lowest BCUT2D eigenvalue weighted by atomic mass is 10.2. The van der Waals surface area contributed by atoms with E-state index in [1.54, 1.807) is 6.20 Å². The van der Waals surface area contributed by atoms with Gasteiger partial charge in [-0.15, -0.1) is 0 Å². The van der Waals surface area contributed by atoms with Crippen LogP contribution >= 0.6 is 0 Å². The molecule has 5 nitrogen and oxygen atoms in total. The first-order valence-corrected chi connectivity index (χ1v) is 7.41. The molecule has 5 heteroatoms. The fraction of sp³-hybridized carbons (Fsp3) is 0.750. The van der Waals surface area contributed by atoms with Crippen LogP contribution in [0, 0.1) is 12.8 Å². The molecule has 1 heterocycles. The van der Waals surface area contributed by atoms with Crippen molar-refractivity contribution < 1.29 is 9.47 Å². The Morgan fingerprint density at radius 2 is 2.05 bits per heavy atom. The highest BCUT2D eigenvalue weighted by atomic mass is 16.5. The maximum Gasteiger partial charge on any atom is 0.179 e. The molecular formula is C16H31N3O2. The smallest absolute Gasteiger partial charge is 0.179 e. The molecule has 1 aromatic rings. The number of anilines is 1. The number of ether oxygens (including phenoxy) is 2. The number of unbranched alkanes of at least 4 members (excludes halogenated alkanes) is 1. The topological polar surface area (TPSA) is 56.3 Å². The lowest BCUT2D eigenvalue weighted by molar-refractivity contribution is 0.0819. The Balaban J connectivity index is 0.00000400. The number of aryl methyl sites for hydroxylation is 1. The highest BCUT2D eigenvalue weighted by Crippen LogP contribution is 2.20. The summed E-state index contributed by atoms with van der Waals surface area (Å²) in [6, 6.07) is 0. The van der Waals surface area contributed by atoms with Gasteiger partial charge in [-0.25, -0.2) is 9.97 Å². The summed E-state index contributed by atoms with van der Waals surface area (Å²) in [6.07, 6.45) is 3.98. The molecular weight excluding hydrogens is 266 g/mol. The van der Waals surface area contributed by atoms with E-state index in [1.165, 1.54) is 0 Å². The molecule has 0 radical (unpaired) electrons. The van der Waals surface area contributed by atoms with Gasteiger partial charge in [0.2, 0.25) is 0 Å². The van der Waals surface area contributed by atoms with E-state index < -0.39 is 0 Å². The van der Waals surface area contributed by atoms with E-state index in [9.17, 15) is 0 Å². The first-order chi connectivity index (χ1) is 9.63. The van der Waals surface area contributed by atoms with Gasteiger partial charge in [0.05, 0.1) is 12.8 Å². The van der Waals surface area contributed by atoms with Crippen LogP contribution in [0.3, 0.4) is 0 Å². The van der Waals surface area contributed by atoms with Crippen molar-refractivity contribution >= 4 is 5.82 Å². The maximum atomic E-state index is 5.69. The molecule has 0 fully saturated rings. The molecule has 0 amide bonds. The summed E-state index contributed by atoms with van der Waals surface area (Å²) in [6.45, 7) is 11.1. The average Bonchev–Trinajstić information content (AvgIpc) is 2.40. The molecule has 0 atom stereocenters. The van der Waals surface area contributed by atoms with Gasteiger partial charge in [-0.3, -0.25) is 0 Å². The van der Waals surface area contributed by atoms with E-state index in [1.807, 2.05) is 6.92 Å². The molecule has 0 aromatic carbocycles. The summed E-state index contributed by atoms with van der Waals surface area (Å²) < 4.78 is 11.2. The van der Waals surface area contributed by atoms with Crippen molar-refractivity contribution in [2.45, 2.75) is 48.0 Å². The minimum absolute atomic E-state index is 0. The largest absolute Gasteiger partial charge is 0.486 e. The highest BCUT2D eigenvalue weighted by molar-refractivity contribution is 5.48. The van der Waals surface area contributed by atoms with Crippen molar-refractivity contribution in [3.63, 3.8) is 0 Å². The minimum atomic E-state index is 0. The zero-order chi connectivity index (χ0) is 14.8. The van der Waals surface area contributed by atoms with Gasteiger partial charge < -0.3 is 14.8 Å². The molecule has 0 aliphatic heterocycles.